The number of carbonyl (C=O) groups is 1. The molecule has 1 saturated carbocycles. The third-order valence-electron chi connectivity index (χ3n) is 3.63. The van der Waals surface area contributed by atoms with Crippen molar-refractivity contribution in [3.63, 3.8) is 0 Å². The lowest BCUT2D eigenvalue weighted by Gasteiger charge is -2.06. The van der Waals surface area contributed by atoms with Crippen molar-refractivity contribution in [2.75, 3.05) is 6.54 Å². The quantitative estimate of drug-likeness (QED) is 0.825. The SMILES string of the molecule is NC(=O)c1ccc(Sc2ccc(CNCC3CC3)cc2)nc1. The number of nitrogens with one attached hydrogen (secondary N) is 1. The standard InChI is InChI=1S/C17H19N3OS/c18-17(21)14-5-8-16(20-11-14)22-15-6-3-13(4-7-15)10-19-9-12-1-2-12/h3-8,11-12,19H,1-2,9-10H2,(H2,18,21). The molecule has 0 atom stereocenters. The first-order valence-corrected chi connectivity index (χ1v) is 8.26. The molecule has 0 unspecified atom stereocenters. The van der Waals surface area contributed by atoms with Gasteiger partial charge < -0.3 is 11.1 Å². The fourth-order valence-electron chi connectivity index (χ4n) is 2.13. The van der Waals surface area contributed by atoms with Crippen LogP contribution in [0.4, 0.5) is 0 Å². The molecule has 1 fully saturated rings. The van der Waals surface area contributed by atoms with Gasteiger partial charge in [-0.05, 0) is 55.1 Å². The van der Waals surface area contributed by atoms with Crippen LogP contribution in [0.25, 0.3) is 0 Å². The van der Waals surface area contributed by atoms with Crippen LogP contribution in [0, 0.1) is 5.92 Å². The molecule has 0 spiro atoms. The Hall–Kier alpha value is -1.85. The number of pyridine rings is 1. The van der Waals surface area contributed by atoms with Crippen molar-refractivity contribution in [3.8, 4) is 0 Å². The zero-order valence-electron chi connectivity index (χ0n) is 12.3. The van der Waals surface area contributed by atoms with Gasteiger partial charge in [0, 0.05) is 17.6 Å². The predicted molar refractivity (Wildman–Crippen MR) is 87.8 cm³/mol. The van der Waals surface area contributed by atoms with E-state index in [1.54, 1.807) is 17.8 Å². The summed E-state index contributed by atoms with van der Waals surface area (Å²) in [5, 5.41) is 4.34. The molecule has 114 valence electrons. The van der Waals surface area contributed by atoms with Gasteiger partial charge in [0.15, 0.2) is 0 Å². The van der Waals surface area contributed by atoms with Gasteiger partial charge in [-0.3, -0.25) is 4.79 Å². The second kappa shape index (κ2) is 6.94. The van der Waals surface area contributed by atoms with Gasteiger partial charge >= 0.3 is 0 Å². The summed E-state index contributed by atoms with van der Waals surface area (Å²) in [6, 6.07) is 12.0. The molecule has 1 aliphatic carbocycles. The van der Waals surface area contributed by atoms with Crippen LogP contribution >= 0.6 is 11.8 Å². The summed E-state index contributed by atoms with van der Waals surface area (Å²) >= 11 is 1.57. The van der Waals surface area contributed by atoms with E-state index >= 15 is 0 Å². The molecule has 3 rings (SSSR count). The number of primary amides is 1. The maximum atomic E-state index is 11.0. The van der Waals surface area contributed by atoms with Crippen LogP contribution in [0.15, 0.2) is 52.5 Å². The molecular formula is C17H19N3OS. The highest BCUT2D eigenvalue weighted by Gasteiger charge is 2.19. The van der Waals surface area contributed by atoms with E-state index in [0.29, 0.717) is 5.56 Å². The van der Waals surface area contributed by atoms with E-state index in [0.717, 1.165) is 28.9 Å². The molecule has 4 nitrogen and oxygen atoms in total. The molecule has 0 saturated heterocycles. The first-order chi connectivity index (χ1) is 10.7. The average Bonchev–Trinajstić information content (AvgIpc) is 3.34. The number of aromatic nitrogens is 1. The van der Waals surface area contributed by atoms with Crippen molar-refractivity contribution >= 4 is 17.7 Å². The molecule has 1 amide bonds. The van der Waals surface area contributed by atoms with Crippen molar-refractivity contribution in [1.82, 2.24) is 10.3 Å². The zero-order valence-corrected chi connectivity index (χ0v) is 13.1. The van der Waals surface area contributed by atoms with Crippen molar-refractivity contribution in [2.45, 2.75) is 29.3 Å². The largest absolute Gasteiger partial charge is 0.366 e. The van der Waals surface area contributed by atoms with Gasteiger partial charge in [0.05, 0.1) is 5.56 Å². The second-order valence-electron chi connectivity index (χ2n) is 5.57. The van der Waals surface area contributed by atoms with Crippen molar-refractivity contribution in [3.05, 3.63) is 53.7 Å². The Balaban J connectivity index is 1.54. The van der Waals surface area contributed by atoms with Crippen LogP contribution in [0.5, 0.6) is 0 Å². The molecule has 0 bridgehead atoms. The average molecular weight is 313 g/mol. The highest BCUT2D eigenvalue weighted by Crippen LogP contribution is 2.28. The fourth-order valence-corrected chi connectivity index (χ4v) is 2.88. The molecule has 0 aliphatic heterocycles. The number of hydrogen-bond acceptors (Lipinski definition) is 4. The molecule has 22 heavy (non-hydrogen) atoms. The van der Waals surface area contributed by atoms with Crippen molar-refractivity contribution in [1.29, 1.82) is 0 Å². The van der Waals surface area contributed by atoms with Crippen LogP contribution in [0.2, 0.25) is 0 Å². The third kappa shape index (κ3) is 4.32. The summed E-state index contributed by atoms with van der Waals surface area (Å²) in [6.45, 7) is 2.06. The van der Waals surface area contributed by atoms with E-state index in [-0.39, 0.29) is 0 Å². The number of rotatable bonds is 7. The number of carbonyl (C=O) groups excluding carboxylic acids is 1. The topological polar surface area (TPSA) is 68.0 Å². The molecule has 1 aromatic heterocycles. The number of nitrogens with zero attached hydrogens (tertiary/aromatic N) is 1. The van der Waals surface area contributed by atoms with E-state index in [1.165, 1.54) is 24.6 Å². The van der Waals surface area contributed by atoms with Crippen molar-refractivity contribution < 1.29 is 4.79 Å². The number of benzene rings is 1. The summed E-state index contributed by atoms with van der Waals surface area (Å²) in [5.74, 6) is 0.455. The Kier molecular flexibility index (Phi) is 4.75. The molecule has 0 radical (unpaired) electrons. The van der Waals surface area contributed by atoms with Crippen LogP contribution in [0.3, 0.4) is 0 Å². The lowest BCUT2D eigenvalue weighted by atomic mass is 10.2. The van der Waals surface area contributed by atoms with Gasteiger partial charge in [-0.25, -0.2) is 4.98 Å². The summed E-state index contributed by atoms with van der Waals surface area (Å²) in [5.41, 5.74) is 6.93. The summed E-state index contributed by atoms with van der Waals surface area (Å²) in [4.78, 5) is 16.4. The number of hydrogen-bond donors (Lipinski definition) is 2. The molecule has 1 aliphatic rings. The highest BCUT2D eigenvalue weighted by atomic mass is 32.2. The first kappa shape index (κ1) is 15.1. The maximum Gasteiger partial charge on any atom is 0.250 e. The minimum atomic E-state index is -0.452. The molecule has 5 heteroatoms. The Bertz CT molecular complexity index is 636. The van der Waals surface area contributed by atoms with Crippen molar-refractivity contribution in [2.24, 2.45) is 11.7 Å². The van der Waals surface area contributed by atoms with Gasteiger partial charge in [-0.1, -0.05) is 23.9 Å². The Morgan fingerprint density at radius 2 is 2.00 bits per heavy atom. The first-order valence-electron chi connectivity index (χ1n) is 7.44. The lowest BCUT2D eigenvalue weighted by Crippen LogP contribution is -2.15. The Labute approximate surface area is 134 Å². The van der Waals surface area contributed by atoms with Gasteiger partial charge in [0.1, 0.15) is 5.03 Å². The minimum absolute atomic E-state index is 0.432. The van der Waals surface area contributed by atoms with E-state index in [2.05, 4.69) is 34.6 Å². The van der Waals surface area contributed by atoms with E-state index < -0.39 is 5.91 Å². The summed E-state index contributed by atoms with van der Waals surface area (Å²) in [7, 11) is 0. The molecule has 1 aromatic carbocycles. The third-order valence-corrected chi connectivity index (χ3v) is 4.58. The zero-order chi connectivity index (χ0) is 15.4. The summed E-state index contributed by atoms with van der Waals surface area (Å²) in [6.07, 6.45) is 4.27. The van der Waals surface area contributed by atoms with Gasteiger partial charge in [0.25, 0.3) is 0 Å². The smallest absolute Gasteiger partial charge is 0.250 e. The molecule has 3 N–H and O–H groups in total. The van der Waals surface area contributed by atoms with E-state index in [1.807, 2.05) is 6.07 Å². The normalized spacial score (nSPS) is 14.0. The Morgan fingerprint density at radius 1 is 1.23 bits per heavy atom. The summed E-state index contributed by atoms with van der Waals surface area (Å²) < 4.78 is 0. The Morgan fingerprint density at radius 3 is 2.59 bits per heavy atom. The molecule has 2 aromatic rings. The lowest BCUT2D eigenvalue weighted by molar-refractivity contribution is 0.1000. The van der Waals surface area contributed by atoms with Crippen LogP contribution in [-0.2, 0) is 6.54 Å². The number of nitrogens with two attached hydrogens (primary N) is 1. The van der Waals surface area contributed by atoms with Gasteiger partial charge in [-0.15, -0.1) is 0 Å². The van der Waals surface area contributed by atoms with Crippen LogP contribution in [0.1, 0.15) is 28.8 Å². The highest BCUT2D eigenvalue weighted by molar-refractivity contribution is 7.99. The fraction of sp³-hybridized carbons (Fsp3) is 0.294. The van der Waals surface area contributed by atoms with Gasteiger partial charge in [0.2, 0.25) is 5.91 Å². The monoisotopic (exact) mass is 313 g/mol. The van der Waals surface area contributed by atoms with Gasteiger partial charge in [-0.2, -0.15) is 0 Å². The minimum Gasteiger partial charge on any atom is -0.366 e. The number of amides is 1. The second-order valence-corrected chi connectivity index (χ2v) is 6.66. The van der Waals surface area contributed by atoms with E-state index in [9.17, 15) is 4.79 Å². The van der Waals surface area contributed by atoms with Crippen LogP contribution < -0.4 is 11.1 Å². The molecule has 1 heterocycles. The van der Waals surface area contributed by atoms with E-state index in [4.69, 9.17) is 5.73 Å². The predicted octanol–water partition coefficient (Wildman–Crippen LogP) is 2.83. The maximum absolute atomic E-state index is 11.0. The molecular weight excluding hydrogens is 294 g/mol. The van der Waals surface area contributed by atoms with Crippen LogP contribution in [-0.4, -0.2) is 17.4 Å².